The summed E-state index contributed by atoms with van der Waals surface area (Å²) in [6.07, 6.45) is 0.979. The molecule has 1 unspecified atom stereocenters. The Morgan fingerprint density at radius 2 is 2.11 bits per heavy atom. The van der Waals surface area contributed by atoms with Gasteiger partial charge in [0.1, 0.15) is 11.5 Å². The molecule has 0 aliphatic carbocycles. The van der Waals surface area contributed by atoms with Crippen molar-refractivity contribution in [3.8, 4) is 11.5 Å². The molecular formula is C14H22N2O2. The Hall–Kier alpha value is -1.26. The van der Waals surface area contributed by atoms with Crippen LogP contribution in [-0.2, 0) is 19.5 Å². The van der Waals surface area contributed by atoms with Crippen LogP contribution in [0.5, 0.6) is 11.5 Å². The lowest BCUT2D eigenvalue weighted by atomic mass is 9.92. The first kappa shape index (κ1) is 13.2. The van der Waals surface area contributed by atoms with Gasteiger partial charge in [0.05, 0.1) is 14.2 Å². The van der Waals surface area contributed by atoms with Crippen molar-refractivity contribution >= 4 is 0 Å². The molecule has 0 saturated carbocycles. The van der Waals surface area contributed by atoms with E-state index in [9.17, 15) is 0 Å². The number of methoxy groups -OCH3 is 2. The molecular weight excluding hydrogens is 228 g/mol. The predicted octanol–water partition coefficient (Wildman–Crippen LogP) is 1.46. The molecule has 0 amide bonds. The smallest absolute Gasteiger partial charge is 0.127 e. The molecule has 0 fully saturated rings. The summed E-state index contributed by atoms with van der Waals surface area (Å²) in [6, 6.07) is 2.55. The average molecular weight is 250 g/mol. The van der Waals surface area contributed by atoms with Crippen molar-refractivity contribution in [2.45, 2.75) is 32.5 Å². The van der Waals surface area contributed by atoms with Crippen LogP contribution in [0.1, 0.15) is 23.6 Å². The quantitative estimate of drug-likeness (QED) is 0.849. The van der Waals surface area contributed by atoms with Crippen molar-refractivity contribution in [3.05, 3.63) is 22.8 Å². The Kier molecular flexibility index (Phi) is 4.09. The van der Waals surface area contributed by atoms with Crippen molar-refractivity contribution < 1.29 is 9.47 Å². The number of ether oxygens (including phenoxy) is 2. The molecule has 18 heavy (non-hydrogen) atoms. The fourth-order valence-corrected chi connectivity index (χ4v) is 2.61. The molecule has 0 saturated heterocycles. The zero-order valence-corrected chi connectivity index (χ0v) is 11.6. The largest absolute Gasteiger partial charge is 0.496 e. The van der Waals surface area contributed by atoms with Gasteiger partial charge >= 0.3 is 0 Å². The minimum Gasteiger partial charge on any atom is -0.496 e. The van der Waals surface area contributed by atoms with E-state index in [1.807, 2.05) is 7.05 Å². The first-order valence-electron chi connectivity index (χ1n) is 6.34. The van der Waals surface area contributed by atoms with E-state index in [2.05, 4.69) is 23.6 Å². The van der Waals surface area contributed by atoms with Gasteiger partial charge in [0.25, 0.3) is 0 Å². The molecule has 1 aliphatic rings. The second-order valence-electron chi connectivity index (χ2n) is 4.74. The van der Waals surface area contributed by atoms with Crippen LogP contribution in [0, 0.1) is 0 Å². The van der Waals surface area contributed by atoms with E-state index < -0.39 is 0 Å². The Bertz CT molecular complexity index is 432. The summed E-state index contributed by atoms with van der Waals surface area (Å²) >= 11 is 0. The molecule has 2 rings (SSSR count). The van der Waals surface area contributed by atoms with Gasteiger partial charge in [0.2, 0.25) is 0 Å². The maximum Gasteiger partial charge on any atom is 0.127 e. The molecule has 1 aromatic rings. The highest BCUT2D eigenvalue weighted by Crippen LogP contribution is 2.37. The van der Waals surface area contributed by atoms with Crippen molar-refractivity contribution in [1.82, 2.24) is 10.6 Å². The number of benzene rings is 1. The molecule has 0 spiro atoms. The molecule has 4 nitrogen and oxygen atoms in total. The lowest BCUT2D eigenvalue weighted by Gasteiger charge is -2.28. The van der Waals surface area contributed by atoms with Gasteiger partial charge in [-0.15, -0.1) is 0 Å². The van der Waals surface area contributed by atoms with Crippen LogP contribution in [0.2, 0.25) is 0 Å². The van der Waals surface area contributed by atoms with Gasteiger partial charge in [-0.1, -0.05) is 0 Å². The average Bonchev–Trinajstić information content (AvgIpc) is 2.37. The van der Waals surface area contributed by atoms with E-state index in [0.29, 0.717) is 6.04 Å². The summed E-state index contributed by atoms with van der Waals surface area (Å²) in [7, 11) is 5.41. The van der Waals surface area contributed by atoms with E-state index >= 15 is 0 Å². The summed E-state index contributed by atoms with van der Waals surface area (Å²) in [5.41, 5.74) is 3.67. The van der Waals surface area contributed by atoms with Crippen LogP contribution in [0.3, 0.4) is 0 Å². The third kappa shape index (κ3) is 2.31. The molecule has 1 aromatic carbocycles. The van der Waals surface area contributed by atoms with Gasteiger partial charge in [0.15, 0.2) is 0 Å². The topological polar surface area (TPSA) is 42.5 Å². The zero-order valence-electron chi connectivity index (χ0n) is 11.6. The standard InChI is InChI=1S/C14H22N2O2/c1-9-5-11-12(8-16-9)13(17-3)6-10(7-15-2)14(11)18-4/h6,9,15-16H,5,7-8H2,1-4H3. The monoisotopic (exact) mass is 250 g/mol. The molecule has 0 bridgehead atoms. The van der Waals surface area contributed by atoms with E-state index in [4.69, 9.17) is 9.47 Å². The second-order valence-corrected chi connectivity index (χ2v) is 4.74. The van der Waals surface area contributed by atoms with Crippen LogP contribution in [0.15, 0.2) is 6.07 Å². The normalized spacial score (nSPS) is 18.3. The van der Waals surface area contributed by atoms with Gasteiger partial charge in [-0.05, 0) is 26.5 Å². The Balaban J connectivity index is 2.55. The lowest BCUT2D eigenvalue weighted by Crippen LogP contribution is -2.33. The Labute approximate surface area is 109 Å². The van der Waals surface area contributed by atoms with Crippen LogP contribution in [0.25, 0.3) is 0 Å². The highest BCUT2D eigenvalue weighted by Gasteiger charge is 2.24. The highest BCUT2D eigenvalue weighted by atomic mass is 16.5. The summed E-state index contributed by atoms with van der Waals surface area (Å²) in [4.78, 5) is 0. The van der Waals surface area contributed by atoms with Crippen molar-refractivity contribution in [1.29, 1.82) is 0 Å². The molecule has 1 aliphatic heterocycles. The minimum atomic E-state index is 0.473. The number of rotatable bonds is 4. The van der Waals surface area contributed by atoms with Crippen LogP contribution >= 0.6 is 0 Å². The third-order valence-corrected chi connectivity index (χ3v) is 3.46. The van der Waals surface area contributed by atoms with Crippen molar-refractivity contribution in [2.75, 3.05) is 21.3 Å². The first-order chi connectivity index (χ1) is 8.71. The second kappa shape index (κ2) is 5.59. The van der Waals surface area contributed by atoms with E-state index in [-0.39, 0.29) is 0 Å². The predicted molar refractivity (Wildman–Crippen MR) is 72.3 cm³/mol. The molecule has 1 heterocycles. The SMILES string of the molecule is CNCc1cc(OC)c2c(c1OC)CC(C)NC2. The van der Waals surface area contributed by atoms with E-state index in [1.165, 1.54) is 11.1 Å². The Morgan fingerprint density at radius 3 is 2.72 bits per heavy atom. The minimum absolute atomic E-state index is 0.473. The zero-order chi connectivity index (χ0) is 13.1. The molecule has 0 radical (unpaired) electrons. The molecule has 100 valence electrons. The first-order valence-corrected chi connectivity index (χ1v) is 6.34. The summed E-state index contributed by atoms with van der Waals surface area (Å²) in [5.74, 6) is 1.96. The van der Waals surface area contributed by atoms with Gasteiger partial charge in [0, 0.05) is 35.8 Å². The van der Waals surface area contributed by atoms with Crippen LogP contribution < -0.4 is 20.1 Å². The van der Waals surface area contributed by atoms with Gasteiger partial charge in [-0.2, -0.15) is 0 Å². The molecule has 0 aromatic heterocycles. The van der Waals surface area contributed by atoms with Gasteiger partial charge in [-0.25, -0.2) is 0 Å². The molecule has 4 heteroatoms. The van der Waals surface area contributed by atoms with Crippen LogP contribution in [-0.4, -0.2) is 27.3 Å². The maximum atomic E-state index is 5.62. The number of hydrogen-bond donors (Lipinski definition) is 2. The molecule has 2 N–H and O–H groups in total. The maximum absolute atomic E-state index is 5.62. The van der Waals surface area contributed by atoms with Crippen molar-refractivity contribution in [3.63, 3.8) is 0 Å². The summed E-state index contributed by atoms with van der Waals surface area (Å²) in [6.45, 7) is 3.82. The summed E-state index contributed by atoms with van der Waals surface area (Å²) < 4.78 is 11.1. The van der Waals surface area contributed by atoms with E-state index in [1.54, 1.807) is 14.2 Å². The number of fused-ring (bicyclic) bond motifs is 1. The van der Waals surface area contributed by atoms with E-state index in [0.717, 1.165) is 36.6 Å². The molecule has 1 atom stereocenters. The number of nitrogens with one attached hydrogen (secondary N) is 2. The Morgan fingerprint density at radius 1 is 1.33 bits per heavy atom. The summed E-state index contributed by atoms with van der Waals surface area (Å²) in [5, 5.41) is 6.64. The lowest BCUT2D eigenvalue weighted by molar-refractivity contribution is 0.375. The van der Waals surface area contributed by atoms with Crippen molar-refractivity contribution in [2.24, 2.45) is 0 Å². The number of hydrogen-bond acceptors (Lipinski definition) is 4. The van der Waals surface area contributed by atoms with Crippen LogP contribution in [0.4, 0.5) is 0 Å². The highest BCUT2D eigenvalue weighted by molar-refractivity contribution is 5.55. The fourth-order valence-electron chi connectivity index (χ4n) is 2.61. The van der Waals surface area contributed by atoms with Gasteiger partial charge < -0.3 is 20.1 Å². The fraction of sp³-hybridized carbons (Fsp3) is 0.571. The third-order valence-electron chi connectivity index (χ3n) is 3.46. The van der Waals surface area contributed by atoms with Gasteiger partial charge in [-0.3, -0.25) is 0 Å².